The van der Waals surface area contributed by atoms with Gasteiger partial charge in [-0.05, 0) is 12.8 Å². The number of rotatable bonds is 5. The Morgan fingerprint density at radius 2 is 2.42 bits per heavy atom. The lowest BCUT2D eigenvalue weighted by molar-refractivity contribution is -0.125. The molecule has 4 heteroatoms. The summed E-state index contributed by atoms with van der Waals surface area (Å²) in [5.41, 5.74) is 5.51. The van der Waals surface area contributed by atoms with Gasteiger partial charge in [-0.3, -0.25) is 4.79 Å². The lowest BCUT2D eigenvalue weighted by Gasteiger charge is -2.03. The molecular weight excluding hydrogens is 156 g/mol. The predicted octanol–water partition coefficient (Wildman–Crippen LogP) is -0.371. The topological polar surface area (TPSA) is 64.3 Å². The molecule has 1 aliphatic carbocycles. The number of hydrogen-bond acceptors (Lipinski definition) is 3. The van der Waals surface area contributed by atoms with E-state index >= 15 is 0 Å². The standard InChI is InChI=1S/C8H16N2O2/c1-2-3-12-5-8(11)10-7-4-6(7)9/h6-7H,2-5,9H2,1H3,(H,10,11). The van der Waals surface area contributed by atoms with Crippen LogP contribution < -0.4 is 11.1 Å². The first-order valence-corrected chi connectivity index (χ1v) is 4.36. The van der Waals surface area contributed by atoms with Gasteiger partial charge < -0.3 is 15.8 Å². The van der Waals surface area contributed by atoms with Gasteiger partial charge in [-0.15, -0.1) is 0 Å². The van der Waals surface area contributed by atoms with Gasteiger partial charge in [-0.2, -0.15) is 0 Å². The Kier molecular flexibility index (Phi) is 3.49. The molecule has 1 rings (SSSR count). The van der Waals surface area contributed by atoms with E-state index in [9.17, 15) is 4.79 Å². The third kappa shape index (κ3) is 3.19. The molecule has 2 unspecified atom stereocenters. The van der Waals surface area contributed by atoms with Gasteiger partial charge in [0.25, 0.3) is 0 Å². The highest BCUT2D eigenvalue weighted by Crippen LogP contribution is 2.17. The molecule has 70 valence electrons. The Bertz CT molecular complexity index is 161. The van der Waals surface area contributed by atoms with Crippen molar-refractivity contribution < 1.29 is 9.53 Å². The van der Waals surface area contributed by atoms with Crippen molar-refractivity contribution in [3.63, 3.8) is 0 Å². The van der Waals surface area contributed by atoms with Crippen LogP contribution >= 0.6 is 0 Å². The van der Waals surface area contributed by atoms with Crippen molar-refractivity contribution in [2.75, 3.05) is 13.2 Å². The van der Waals surface area contributed by atoms with Crippen molar-refractivity contribution in [2.45, 2.75) is 31.8 Å². The monoisotopic (exact) mass is 172 g/mol. The third-order valence-electron chi connectivity index (χ3n) is 1.77. The summed E-state index contributed by atoms with van der Waals surface area (Å²) < 4.78 is 5.06. The number of carbonyl (C=O) groups excluding carboxylic acids is 1. The minimum Gasteiger partial charge on any atom is -0.372 e. The summed E-state index contributed by atoms with van der Waals surface area (Å²) >= 11 is 0. The molecule has 0 saturated heterocycles. The van der Waals surface area contributed by atoms with Crippen LogP contribution in [-0.2, 0) is 9.53 Å². The number of hydrogen-bond donors (Lipinski definition) is 2. The molecule has 0 bridgehead atoms. The maximum absolute atomic E-state index is 11.0. The summed E-state index contributed by atoms with van der Waals surface area (Å²) in [5.74, 6) is -0.0543. The zero-order valence-corrected chi connectivity index (χ0v) is 7.38. The molecule has 3 N–H and O–H groups in total. The van der Waals surface area contributed by atoms with Crippen molar-refractivity contribution in [1.29, 1.82) is 0 Å². The average molecular weight is 172 g/mol. The summed E-state index contributed by atoms with van der Waals surface area (Å²) in [4.78, 5) is 11.0. The van der Waals surface area contributed by atoms with Crippen molar-refractivity contribution in [3.8, 4) is 0 Å². The Hall–Kier alpha value is -0.610. The van der Waals surface area contributed by atoms with E-state index in [2.05, 4.69) is 5.32 Å². The molecule has 1 fully saturated rings. The minimum atomic E-state index is -0.0543. The zero-order chi connectivity index (χ0) is 8.97. The SMILES string of the molecule is CCCOCC(=O)NC1CC1N. The van der Waals surface area contributed by atoms with Gasteiger partial charge in [0, 0.05) is 18.7 Å². The molecule has 1 saturated carbocycles. The number of ether oxygens (including phenoxy) is 1. The fourth-order valence-corrected chi connectivity index (χ4v) is 0.938. The summed E-state index contributed by atoms with van der Waals surface area (Å²) in [6.07, 6.45) is 1.84. The highest BCUT2D eigenvalue weighted by Gasteiger charge is 2.34. The maximum Gasteiger partial charge on any atom is 0.246 e. The van der Waals surface area contributed by atoms with E-state index in [-0.39, 0.29) is 24.6 Å². The van der Waals surface area contributed by atoms with E-state index in [1.54, 1.807) is 0 Å². The molecule has 0 aromatic heterocycles. The van der Waals surface area contributed by atoms with Crippen LogP contribution in [0.5, 0.6) is 0 Å². The van der Waals surface area contributed by atoms with Crippen LogP contribution in [0.2, 0.25) is 0 Å². The summed E-state index contributed by atoms with van der Waals surface area (Å²) in [6.45, 7) is 2.82. The van der Waals surface area contributed by atoms with Crippen molar-refractivity contribution >= 4 is 5.91 Å². The summed E-state index contributed by atoms with van der Waals surface area (Å²) in [7, 11) is 0. The van der Waals surface area contributed by atoms with Gasteiger partial charge in [-0.1, -0.05) is 6.92 Å². The van der Waals surface area contributed by atoms with Crippen LogP contribution in [0, 0.1) is 0 Å². The largest absolute Gasteiger partial charge is 0.372 e. The summed E-state index contributed by atoms with van der Waals surface area (Å²) in [6, 6.07) is 0.364. The van der Waals surface area contributed by atoms with Crippen LogP contribution in [-0.4, -0.2) is 31.2 Å². The Morgan fingerprint density at radius 3 is 2.92 bits per heavy atom. The van der Waals surface area contributed by atoms with Gasteiger partial charge in [-0.25, -0.2) is 0 Å². The van der Waals surface area contributed by atoms with E-state index < -0.39 is 0 Å². The van der Waals surface area contributed by atoms with Gasteiger partial charge in [0.2, 0.25) is 5.91 Å². The first kappa shape index (κ1) is 9.48. The Labute approximate surface area is 72.5 Å². The average Bonchev–Trinajstić information content (AvgIpc) is 2.67. The van der Waals surface area contributed by atoms with Crippen LogP contribution in [0.15, 0.2) is 0 Å². The lowest BCUT2D eigenvalue weighted by atomic mass is 10.5. The predicted molar refractivity (Wildman–Crippen MR) is 45.6 cm³/mol. The first-order chi connectivity index (χ1) is 5.74. The second-order valence-electron chi connectivity index (χ2n) is 3.13. The molecule has 1 aliphatic rings. The van der Waals surface area contributed by atoms with Crippen molar-refractivity contribution in [3.05, 3.63) is 0 Å². The molecule has 12 heavy (non-hydrogen) atoms. The Balaban J connectivity index is 1.97. The number of nitrogens with one attached hydrogen (secondary N) is 1. The molecule has 0 aromatic carbocycles. The second kappa shape index (κ2) is 4.42. The number of amides is 1. The van der Waals surface area contributed by atoms with Crippen molar-refractivity contribution in [2.24, 2.45) is 5.73 Å². The molecular formula is C8H16N2O2. The van der Waals surface area contributed by atoms with Gasteiger partial charge in [0.1, 0.15) is 6.61 Å². The molecule has 4 nitrogen and oxygen atoms in total. The Morgan fingerprint density at radius 1 is 1.75 bits per heavy atom. The third-order valence-corrected chi connectivity index (χ3v) is 1.77. The smallest absolute Gasteiger partial charge is 0.246 e. The normalized spacial score (nSPS) is 26.8. The lowest BCUT2D eigenvalue weighted by Crippen LogP contribution is -2.32. The van der Waals surface area contributed by atoms with E-state index in [0.29, 0.717) is 6.61 Å². The maximum atomic E-state index is 11.0. The van der Waals surface area contributed by atoms with Gasteiger partial charge >= 0.3 is 0 Å². The fraction of sp³-hybridized carbons (Fsp3) is 0.875. The molecule has 0 aliphatic heterocycles. The van der Waals surface area contributed by atoms with E-state index in [0.717, 1.165) is 12.8 Å². The molecule has 0 spiro atoms. The molecule has 2 atom stereocenters. The van der Waals surface area contributed by atoms with Crippen LogP contribution in [0.4, 0.5) is 0 Å². The van der Waals surface area contributed by atoms with E-state index in [1.165, 1.54) is 0 Å². The van der Waals surface area contributed by atoms with Crippen molar-refractivity contribution in [1.82, 2.24) is 5.32 Å². The van der Waals surface area contributed by atoms with E-state index in [4.69, 9.17) is 10.5 Å². The highest BCUT2D eigenvalue weighted by atomic mass is 16.5. The molecule has 0 aromatic rings. The highest BCUT2D eigenvalue weighted by molar-refractivity contribution is 5.78. The van der Waals surface area contributed by atoms with Crippen LogP contribution in [0.3, 0.4) is 0 Å². The second-order valence-corrected chi connectivity index (χ2v) is 3.13. The van der Waals surface area contributed by atoms with Crippen LogP contribution in [0.25, 0.3) is 0 Å². The van der Waals surface area contributed by atoms with Gasteiger partial charge in [0.15, 0.2) is 0 Å². The van der Waals surface area contributed by atoms with E-state index in [1.807, 2.05) is 6.92 Å². The molecule has 0 radical (unpaired) electrons. The minimum absolute atomic E-state index is 0.0543. The summed E-state index contributed by atoms with van der Waals surface area (Å²) in [5, 5.41) is 2.77. The van der Waals surface area contributed by atoms with Gasteiger partial charge in [0.05, 0.1) is 0 Å². The molecule has 0 heterocycles. The quantitative estimate of drug-likeness (QED) is 0.556. The molecule has 1 amide bonds. The number of carbonyl (C=O) groups is 1. The number of nitrogens with two attached hydrogens (primary N) is 1. The zero-order valence-electron chi connectivity index (χ0n) is 7.38. The van der Waals surface area contributed by atoms with Crippen LogP contribution in [0.1, 0.15) is 19.8 Å². The fourth-order valence-electron chi connectivity index (χ4n) is 0.938. The first-order valence-electron chi connectivity index (χ1n) is 4.36.